The number of ether oxygens (including phenoxy) is 2. The minimum absolute atomic E-state index is 0.252. The van der Waals surface area contributed by atoms with Gasteiger partial charge in [-0.1, -0.05) is 92.4 Å². The summed E-state index contributed by atoms with van der Waals surface area (Å²) in [6.45, 7) is 5.22. The highest BCUT2D eigenvalue weighted by molar-refractivity contribution is 5.90. The molecule has 0 bridgehead atoms. The minimum atomic E-state index is -0.485. The van der Waals surface area contributed by atoms with Crippen molar-refractivity contribution in [3.8, 4) is 33.8 Å². The van der Waals surface area contributed by atoms with Crippen LogP contribution in [0.2, 0.25) is 0 Å². The van der Waals surface area contributed by atoms with Crippen LogP contribution in [0.5, 0.6) is 11.5 Å². The largest absolute Gasteiger partial charge is 0.427 e. The average Bonchev–Trinajstić information content (AvgIpc) is 3.09. The number of carbonyl (C=O) groups is 2. The third kappa shape index (κ3) is 6.68. The molecular weight excluding hydrogens is 558 g/mol. The van der Waals surface area contributed by atoms with Crippen molar-refractivity contribution in [2.24, 2.45) is 0 Å². The topological polar surface area (TPSA) is 55.8 Å². The standard InChI is InChI=1S/C40H31NO4/c1-3-39(42)44-37-23-14-31(15-24-37)29-9-18-34(19-10-29)41(36-22-13-28-7-5-6-8-33(28)27-36)35-20-11-30(12-21-35)32-16-25-38(26-17-32)45-40(43)4-2/h3,5-27H,1,4H2,2H3. The lowest BCUT2D eigenvalue weighted by atomic mass is 10.0. The molecule has 0 fully saturated rings. The Kier molecular flexibility index (Phi) is 8.51. The summed E-state index contributed by atoms with van der Waals surface area (Å²) >= 11 is 0. The van der Waals surface area contributed by atoms with Gasteiger partial charge in [0.15, 0.2) is 0 Å². The number of nitrogens with zero attached hydrogens (tertiary/aromatic N) is 1. The molecule has 0 heterocycles. The van der Waals surface area contributed by atoms with Crippen molar-refractivity contribution in [1.82, 2.24) is 0 Å². The molecule has 45 heavy (non-hydrogen) atoms. The summed E-state index contributed by atoms with van der Waals surface area (Å²) in [6.07, 6.45) is 1.48. The van der Waals surface area contributed by atoms with Gasteiger partial charge >= 0.3 is 11.9 Å². The van der Waals surface area contributed by atoms with Gasteiger partial charge in [0.05, 0.1) is 0 Å². The van der Waals surface area contributed by atoms with E-state index in [9.17, 15) is 9.59 Å². The predicted octanol–water partition coefficient (Wildman–Crippen LogP) is 10.1. The minimum Gasteiger partial charge on any atom is -0.427 e. The van der Waals surface area contributed by atoms with Crippen LogP contribution in [0.25, 0.3) is 33.0 Å². The molecule has 0 aliphatic heterocycles. The quantitative estimate of drug-likeness (QED) is 0.0954. The van der Waals surface area contributed by atoms with E-state index in [1.807, 2.05) is 42.5 Å². The second kappa shape index (κ2) is 13.1. The second-order valence-electron chi connectivity index (χ2n) is 10.5. The van der Waals surface area contributed by atoms with Crippen molar-refractivity contribution in [2.75, 3.05) is 4.90 Å². The van der Waals surface area contributed by atoms with Crippen molar-refractivity contribution in [2.45, 2.75) is 13.3 Å². The lowest BCUT2D eigenvalue weighted by Crippen LogP contribution is -2.09. The van der Waals surface area contributed by atoms with E-state index in [1.165, 1.54) is 5.39 Å². The van der Waals surface area contributed by atoms with Gasteiger partial charge in [-0.2, -0.15) is 0 Å². The molecule has 0 atom stereocenters. The van der Waals surface area contributed by atoms with E-state index in [0.717, 1.165) is 50.8 Å². The number of hydrogen-bond acceptors (Lipinski definition) is 5. The lowest BCUT2D eigenvalue weighted by Gasteiger charge is -2.26. The number of carbonyl (C=O) groups excluding carboxylic acids is 2. The molecule has 6 rings (SSSR count). The molecule has 0 aliphatic carbocycles. The fourth-order valence-electron chi connectivity index (χ4n) is 5.16. The molecule has 0 unspecified atom stereocenters. The van der Waals surface area contributed by atoms with Gasteiger partial charge in [0, 0.05) is 29.6 Å². The van der Waals surface area contributed by atoms with E-state index in [2.05, 4.69) is 96.4 Å². The fraction of sp³-hybridized carbons (Fsp3) is 0.0500. The first-order valence-electron chi connectivity index (χ1n) is 14.8. The van der Waals surface area contributed by atoms with Gasteiger partial charge < -0.3 is 14.4 Å². The molecule has 6 aromatic rings. The van der Waals surface area contributed by atoms with E-state index in [4.69, 9.17) is 9.47 Å². The smallest absolute Gasteiger partial charge is 0.335 e. The van der Waals surface area contributed by atoms with Crippen molar-refractivity contribution < 1.29 is 19.1 Å². The van der Waals surface area contributed by atoms with E-state index in [0.29, 0.717) is 17.9 Å². The van der Waals surface area contributed by atoms with Crippen molar-refractivity contribution >= 4 is 39.8 Å². The number of hydrogen-bond donors (Lipinski definition) is 0. The maximum Gasteiger partial charge on any atom is 0.335 e. The van der Waals surface area contributed by atoms with Gasteiger partial charge in [-0.15, -0.1) is 0 Å². The van der Waals surface area contributed by atoms with Gasteiger partial charge in [-0.25, -0.2) is 4.79 Å². The van der Waals surface area contributed by atoms with E-state index in [1.54, 1.807) is 19.1 Å². The van der Waals surface area contributed by atoms with Crippen LogP contribution in [0.1, 0.15) is 13.3 Å². The molecule has 5 nitrogen and oxygen atoms in total. The van der Waals surface area contributed by atoms with Gasteiger partial charge in [0.2, 0.25) is 0 Å². The Labute approximate surface area is 262 Å². The maximum absolute atomic E-state index is 11.6. The Morgan fingerprint density at radius 1 is 0.578 bits per heavy atom. The maximum atomic E-state index is 11.6. The highest BCUT2D eigenvalue weighted by Gasteiger charge is 2.14. The summed E-state index contributed by atoms with van der Waals surface area (Å²) in [6, 6.07) is 46.7. The first-order chi connectivity index (χ1) is 22.0. The van der Waals surface area contributed by atoms with Crippen LogP contribution in [0.4, 0.5) is 17.1 Å². The third-order valence-corrected chi connectivity index (χ3v) is 7.52. The van der Waals surface area contributed by atoms with Crippen LogP contribution in [0.3, 0.4) is 0 Å². The van der Waals surface area contributed by atoms with Gasteiger partial charge in [0.1, 0.15) is 11.5 Å². The summed E-state index contributed by atoms with van der Waals surface area (Å²) < 4.78 is 10.5. The van der Waals surface area contributed by atoms with E-state index < -0.39 is 5.97 Å². The molecule has 0 saturated carbocycles. The van der Waals surface area contributed by atoms with Gasteiger partial charge in [0.25, 0.3) is 0 Å². The van der Waals surface area contributed by atoms with Crippen LogP contribution in [-0.2, 0) is 9.59 Å². The van der Waals surface area contributed by atoms with Gasteiger partial charge in [-0.3, -0.25) is 4.79 Å². The van der Waals surface area contributed by atoms with Crippen LogP contribution in [0, 0.1) is 0 Å². The first kappa shape index (κ1) is 29.1. The molecule has 6 aromatic carbocycles. The zero-order chi connectivity index (χ0) is 31.2. The molecule has 0 aliphatic rings. The summed E-state index contributed by atoms with van der Waals surface area (Å²) in [5, 5.41) is 2.34. The Morgan fingerprint density at radius 3 is 1.51 bits per heavy atom. The molecule has 5 heteroatoms. The normalized spacial score (nSPS) is 10.7. The van der Waals surface area contributed by atoms with Crippen molar-refractivity contribution in [3.05, 3.63) is 152 Å². The SMILES string of the molecule is C=CC(=O)Oc1ccc(-c2ccc(N(c3ccc(-c4ccc(OC(=O)CC)cc4)cc3)c3ccc4ccccc4c3)cc2)cc1. The van der Waals surface area contributed by atoms with Crippen LogP contribution >= 0.6 is 0 Å². The first-order valence-corrected chi connectivity index (χ1v) is 14.8. The monoisotopic (exact) mass is 589 g/mol. The molecular formula is C40H31NO4. The molecule has 0 saturated heterocycles. The zero-order valence-corrected chi connectivity index (χ0v) is 24.9. The average molecular weight is 590 g/mol. The fourth-order valence-corrected chi connectivity index (χ4v) is 5.16. The van der Waals surface area contributed by atoms with Gasteiger partial charge in [-0.05, 0) is 93.7 Å². The number of rotatable bonds is 9. The Morgan fingerprint density at radius 2 is 1.02 bits per heavy atom. The Bertz CT molecular complexity index is 1960. The molecule has 0 amide bonds. The van der Waals surface area contributed by atoms with Crippen LogP contribution in [0.15, 0.2) is 152 Å². The predicted molar refractivity (Wildman–Crippen MR) is 181 cm³/mol. The number of fused-ring (bicyclic) bond motifs is 1. The van der Waals surface area contributed by atoms with E-state index >= 15 is 0 Å². The number of benzene rings is 6. The Hall–Kier alpha value is -5.94. The highest BCUT2D eigenvalue weighted by atomic mass is 16.5. The summed E-state index contributed by atoms with van der Waals surface area (Å²) in [7, 11) is 0. The summed E-state index contributed by atoms with van der Waals surface area (Å²) in [4.78, 5) is 25.4. The summed E-state index contributed by atoms with van der Waals surface area (Å²) in [5.74, 6) is 0.280. The lowest BCUT2D eigenvalue weighted by molar-refractivity contribution is -0.134. The highest BCUT2D eigenvalue weighted by Crippen LogP contribution is 2.38. The van der Waals surface area contributed by atoms with Crippen molar-refractivity contribution in [3.63, 3.8) is 0 Å². The summed E-state index contributed by atoms with van der Waals surface area (Å²) in [5.41, 5.74) is 7.22. The van der Waals surface area contributed by atoms with E-state index in [-0.39, 0.29) is 5.97 Å². The Balaban J connectivity index is 1.31. The number of esters is 2. The molecule has 0 radical (unpaired) electrons. The molecule has 220 valence electrons. The third-order valence-electron chi connectivity index (χ3n) is 7.52. The number of anilines is 3. The van der Waals surface area contributed by atoms with Crippen LogP contribution < -0.4 is 14.4 Å². The second-order valence-corrected chi connectivity index (χ2v) is 10.5. The van der Waals surface area contributed by atoms with Crippen molar-refractivity contribution in [1.29, 1.82) is 0 Å². The molecule has 0 spiro atoms. The zero-order valence-electron chi connectivity index (χ0n) is 24.9. The molecule has 0 aromatic heterocycles. The van der Waals surface area contributed by atoms with Crippen LogP contribution in [-0.4, -0.2) is 11.9 Å². The molecule has 0 N–H and O–H groups in total.